The molecule has 0 heterocycles. The van der Waals surface area contributed by atoms with E-state index >= 15 is 0 Å². The lowest BCUT2D eigenvalue weighted by Crippen LogP contribution is -2.41. The Bertz CT molecular complexity index is 288. The van der Waals surface area contributed by atoms with E-state index < -0.39 is 17.5 Å². The number of aliphatic hydroxyl groups excluding tert-OH is 1. The Morgan fingerprint density at radius 3 is 2.06 bits per heavy atom. The van der Waals surface area contributed by atoms with Gasteiger partial charge in [0.05, 0.1) is 11.5 Å². The van der Waals surface area contributed by atoms with Gasteiger partial charge >= 0.3 is 5.97 Å². The summed E-state index contributed by atoms with van der Waals surface area (Å²) in [4.78, 5) is 24.4. The number of hydrogen-bond donors (Lipinski definition) is 2. The van der Waals surface area contributed by atoms with Crippen molar-refractivity contribution in [2.45, 2.75) is 40.2 Å². The standard InChI is InChI=1S/C12H23NO4/c1-8(2)12(4,11(16)17)6-10(15)13(5)7-9(3)14/h8-9,14H,6-7H2,1-5H3,(H,16,17). The van der Waals surface area contributed by atoms with E-state index in [2.05, 4.69) is 0 Å². The number of carboxylic acids is 1. The van der Waals surface area contributed by atoms with Crippen molar-refractivity contribution in [2.75, 3.05) is 13.6 Å². The van der Waals surface area contributed by atoms with Gasteiger partial charge < -0.3 is 15.1 Å². The smallest absolute Gasteiger partial charge is 0.310 e. The van der Waals surface area contributed by atoms with Crippen LogP contribution in [0.2, 0.25) is 0 Å². The molecular weight excluding hydrogens is 222 g/mol. The van der Waals surface area contributed by atoms with E-state index in [1.54, 1.807) is 34.7 Å². The largest absolute Gasteiger partial charge is 0.481 e. The molecule has 17 heavy (non-hydrogen) atoms. The number of rotatable bonds is 6. The van der Waals surface area contributed by atoms with Crippen LogP contribution in [0.1, 0.15) is 34.1 Å². The van der Waals surface area contributed by atoms with Crippen LogP contribution in [0.4, 0.5) is 0 Å². The molecule has 0 fully saturated rings. The monoisotopic (exact) mass is 245 g/mol. The van der Waals surface area contributed by atoms with Crippen molar-refractivity contribution in [3.05, 3.63) is 0 Å². The molecule has 5 nitrogen and oxygen atoms in total. The van der Waals surface area contributed by atoms with Gasteiger partial charge in [-0.2, -0.15) is 0 Å². The maximum absolute atomic E-state index is 11.9. The minimum Gasteiger partial charge on any atom is -0.481 e. The molecule has 0 bridgehead atoms. The second-order valence-corrected chi connectivity index (χ2v) is 5.18. The van der Waals surface area contributed by atoms with Gasteiger partial charge in [0.2, 0.25) is 5.91 Å². The average Bonchev–Trinajstić information content (AvgIpc) is 2.15. The van der Waals surface area contributed by atoms with Gasteiger partial charge in [-0.05, 0) is 19.8 Å². The average molecular weight is 245 g/mol. The summed E-state index contributed by atoms with van der Waals surface area (Å²) in [5.41, 5.74) is -1.07. The lowest BCUT2D eigenvalue weighted by atomic mass is 9.76. The summed E-state index contributed by atoms with van der Waals surface area (Å²) in [7, 11) is 1.57. The van der Waals surface area contributed by atoms with Crippen molar-refractivity contribution in [3.63, 3.8) is 0 Å². The summed E-state index contributed by atoms with van der Waals surface area (Å²) in [6.07, 6.45) is -0.664. The summed E-state index contributed by atoms with van der Waals surface area (Å²) in [6, 6.07) is 0. The number of likely N-dealkylation sites (N-methyl/N-ethyl adjacent to an activating group) is 1. The Morgan fingerprint density at radius 2 is 1.76 bits per heavy atom. The molecule has 2 unspecified atom stereocenters. The van der Waals surface area contributed by atoms with Crippen LogP contribution in [-0.4, -0.2) is 46.7 Å². The zero-order valence-electron chi connectivity index (χ0n) is 11.2. The first kappa shape index (κ1) is 15.9. The summed E-state index contributed by atoms with van der Waals surface area (Å²) >= 11 is 0. The highest BCUT2D eigenvalue weighted by atomic mass is 16.4. The fraction of sp³-hybridized carbons (Fsp3) is 0.833. The van der Waals surface area contributed by atoms with Crippen molar-refractivity contribution in [1.29, 1.82) is 0 Å². The third-order valence-electron chi connectivity index (χ3n) is 3.25. The minimum atomic E-state index is -1.07. The molecule has 0 rings (SSSR count). The maximum atomic E-state index is 11.9. The SMILES string of the molecule is CC(O)CN(C)C(=O)CC(C)(C(=O)O)C(C)C. The van der Waals surface area contributed by atoms with E-state index in [0.717, 1.165) is 0 Å². The first-order chi connectivity index (χ1) is 7.61. The normalized spacial score (nSPS) is 16.4. The number of nitrogens with zero attached hydrogens (tertiary/aromatic N) is 1. The molecule has 0 radical (unpaired) electrons. The fourth-order valence-electron chi connectivity index (χ4n) is 1.47. The lowest BCUT2D eigenvalue weighted by Gasteiger charge is -2.30. The molecule has 5 heteroatoms. The van der Waals surface area contributed by atoms with Gasteiger partial charge in [0.1, 0.15) is 0 Å². The number of carbonyl (C=O) groups is 2. The van der Waals surface area contributed by atoms with Gasteiger partial charge in [-0.25, -0.2) is 0 Å². The van der Waals surface area contributed by atoms with Crippen LogP contribution in [0.3, 0.4) is 0 Å². The Kier molecular flexibility index (Phi) is 5.61. The van der Waals surface area contributed by atoms with E-state index in [1.165, 1.54) is 4.90 Å². The second kappa shape index (κ2) is 6.00. The summed E-state index contributed by atoms with van der Waals surface area (Å²) in [5.74, 6) is -1.36. The Hall–Kier alpha value is -1.10. The quantitative estimate of drug-likeness (QED) is 0.730. The van der Waals surface area contributed by atoms with E-state index in [-0.39, 0.29) is 24.8 Å². The number of hydrogen-bond acceptors (Lipinski definition) is 3. The van der Waals surface area contributed by atoms with Crippen molar-refractivity contribution in [3.8, 4) is 0 Å². The van der Waals surface area contributed by atoms with Crippen LogP contribution >= 0.6 is 0 Å². The van der Waals surface area contributed by atoms with Crippen LogP contribution in [0, 0.1) is 11.3 Å². The van der Waals surface area contributed by atoms with Crippen LogP contribution < -0.4 is 0 Å². The van der Waals surface area contributed by atoms with E-state index in [0.29, 0.717) is 0 Å². The van der Waals surface area contributed by atoms with Crippen LogP contribution in [0.25, 0.3) is 0 Å². The molecule has 0 saturated heterocycles. The van der Waals surface area contributed by atoms with Crippen molar-refractivity contribution < 1.29 is 19.8 Å². The number of aliphatic hydroxyl groups is 1. The highest BCUT2D eigenvalue weighted by Gasteiger charge is 2.39. The second-order valence-electron chi connectivity index (χ2n) is 5.18. The van der Waals surface area contributed by atoms with Gasteiger partial charge in [0.15, 0.2) is 0 Å². The number of carboxylic acid groups (broad SMARTS) is 1. The molecule has 0 aliphatic heterocycles. The molecule has 2 atom stereocenters. The fourth-order valence-corrected chi connectivity index (χ4v) is 1.47. The zero-order valence-corrected chi connectivity index (χ0v) is 11.2. The molecule has 0 aliphatic carbocycles. The molecule has 0 aromatic heterocycles. The Balaban J connectivity index is 4.69. The Morgan fingerprint density at radius 1 is 1.29 bits per heavy atom. The minimum absolute atomic E-state index is 0.0524. The molecule has 100 valence electrons. The molecule has 2 N–H and O–H groups in total. The highest BCUT2D eigenvalue weighted by Crippen LogP contribution is 2.31. The van der Waals surface area contributed by atoms with Crippen LogP contribution in [0.15, 0.2) is 0 Å². The van der Waals surface area contributed by atoms with Crippen molar-refractivity contribution in [2.24, 2.45) is 11.3 Å². The first-order valence-corrected chi connectivity index (χ1v) is 5.76. The number of amides is 1. The summed E-state index contributed by atoms with van der Waals surface area (Å²) in [5, 5.41) is 18.4. The third-order valence-corrected chi connectivity index (χ3v) is 3.25. The molecule has 1 amide bonds. The highest BCUT2D eigenvalue weighted by molar-refractivity contribution is 5.84. The maximum Gasteiger partial charge on any atom is 0.310 e. The van der Waals surface area contributed by atoms with Gasteiger partial charge in [-0.3, -0.25) is 9.59 Å². The molecule has 0 aromatic rings. The third kappa shape index (κ3) is 4.34. The van der Waals surface area contributed by atoms with Crippen molar-refractivity contribution in [1.82, 2.24) is 4.90 Å². The Labute approximate surface area is 102 Å². The molecule has 0 spiro atoms. The summed E-state index contributed by atoms with van der Waals surface area (Å²) in [6.45, 7) is 6.95. The number of aliphatic carboxylic acids is 1. The number of carbonyl (C=O) groups excluding carboxylic acids is 1. The zero-order chi connectivity index (χ0) is 13.8. The molecule has 0 aliphatic rings. The van der Waals surface area contributed by atoms with Gasteiger partial charge in [0.25, 0.3) is 0 Å². The van der Waals surface area contributed by atoms with E-state index in [1.807, 2.05) is 0 Å². The predicted molar refractivity (Wildman–Crippen MR) is 64.5 cm³/mol. The van der Waals surface area contributed by atoms with Gasteiger partial charge in [-0.15, -0.1) is 0 Å². The molecule has 0 saturated carbocycles. The summed E-state index contributed by atoms with van der Waals surface area (Å²) < 4.78 is 0. The van der Waals surface area contributed by atoms with Crippen molar-refractivity contribution >= 4 is 11.9 Å². The predicted octanol–water partition coefficient (Wildman–Crippen LogP) is 0.963. The van der Waals surface area contributed by atoms with E-state index in [9.17, 15) is 19.8 Å². The topological polar surface area (TPSA) is 77.8 Å². The van der Waals surface area contributed by atoms with E-state index in [4.69, 9.17) is 0 Å². The molecule has 0 aromatic carbocycles. The van der Waals surface area contributed by atoms with Gasteiger partial charge in [-0.1, -0.05) is 13.8 Å². The molecular formula is C12H23NO4. The van der Waals surface area contributed by atoms with Crippen LogP contribution in [-0.2, 0) is 9.59 Å². The lowest BCUT2D eigenvalue weighted by molar-refractivity contribution is -0.155. The van der Waals surface area contributed by atoms with Gasteiger partial charge in [0, 0.05) is 20.0 Å². The van der Waals surface area contributed by atoms with Crippen LogP contribution in [0.5, 0.6) is 0 Å². The first-order valence-electron chi connectivity index (χ1n) is 5.76.